The van der Waals surface area contributed by atoms with E-state index in [1.165, 1.54) is 14.0 Å². The molecular weight excluding hydrogens is 252 g/mol. The van der Waals surface area contributed by atoms with Crippen molar-refractivity contribution in [3.8, 4) is 11.5 Å². The molecule has 0 spiro atoms. The first-order valence-electron chi connectivity index (χ1n) is 5.41. The van der Waals surface area contributed by atoms with Crippen molar-refractivity contribution in [2.75, 3.05) is 13.9 Å². The maximum Gasteiger partial charge on any atom is 0.362 e. The summed E-state index contributed by atoms with van der Waals surface area (Å²) in [6.07, 6.45) is 0. The van der Waals surface area contributed by atoms with Gasteiger partial charge in [-0.15, -0.1) is 5.11 Å². The molecule has 1 N–H and O–H groups in total. The third kappa shape index (κ3) is 2.82. The third-order valence-corrected chi connectivity index (χ3v) is 2.34. The maximum atomic E-state index is 11.3. The number of ether oxygens (including phenoxy) is 3. The summed E-state index contributed by atoms with van der Waals surface area (Å²) in [5.41, 5.74) is 0.215. The lowest BCUT2D eigenvalue weighted by Crippen LogP contribution is -2.04. The van der Waals surface area contributed by atoms with Gasteiger partial charge in [-0.1, -0.05) is 0 Å². The second-order valence-electron chi connectivity index (χ2n) is 3.66. The smallest absolute Gasteiger partial charge is 0.362 e. The molecule has 0 aromatic heterocycles. The highest BCUT2D eigenvalue weighted by molar-refractivity contribution is 5.88. The molecular formula is C12H12N2O5. The molecule has 0 unspecified atom stereocenters. The number of allylic oxidation sites excluding steroid dienone is 1. The summed E-state index contributed by atoms with van der Waals surface area (Å²) in [4.78, 5) is 11.3. The normalized spacial score (nSPS) is 14.4. The SMILES string of the molecule is COC(=O)/C(N=Nc1ccc2c(c1)OCO2)=C(\C)O. The van der Waals surface area contributed by atoms with Gasteiger partial charge in [0, 0.05) is 6.07 Å². The van der Waals surface area contributed by atoms with Gasteiger partial charge in [0.2, 0.25) is 12.5 Å². The van der Waals surface area contributed by atoms with Crippen LogP contribution in [0.25, 0.3) is 0 Å². The number of hydrogen-bond donors (Lipinski definition) is 1. The van der Waals surface area contributed by atoms with Gasteiger partial charge in [0.1, 0.15) is 5.76 Å². The summed E-state index contributed by atoms with van der Waals surface area (Å²) in [5, 5.41) is 16.8. The number of aliphatic hydroxyl groups is 1. The van der Waals surface area contributed by atoms with E-state index in [0.717, 1.165) is 0 Å². The van der Waals surface area contributed by atoms with Gasteiger partial charge in [-0.2, -0.15) is 5.11 Å². The van der Waals surface area contributed by atoms with Crippen LogP contribution in [-0.2, 0) is 9.53 Å². The Bertz CT molecular complexity index is 561. The van der Waals surface area contributed by atoms with Crippen LogP contribution in [0.4, 0.5) is 5.69 Å². The average Bonchev–Trinajstić information content (AvgIpc) is 2.85. The van der Waals surface area contributed by atoms with Crippen LogP contribution in [0.15, 0.2) is 39.9 Å². The van der Waals surface area contributed by atoms with Crippen molar-refractivity contribution in [3.05, 3.63) is 29.7 Å². The summed E-state index contributed by atoms with van der Waals surface area (Å²) in [6.45, 7) is 1.49. The molecule has 100 valence electrons. The van der Waals surface area contributed by atoms with Crippen molar-refractivity contribution in [3.63, 3.8) is 0 Å². The number of nitrogens with zero attached hydrogens (tertiary/aromatic N) is 2. The van der Waals surface area contributed by atoms with Crippen LogP contribution in [0.1, 0.15) is 6.92 Å². The predicted molar refractivity (Wildman–Crippen MR) is 64.4 cm³/mol. The van der Waals surface area contributed by atoms with Crippen molar-refractivity contribution >= 4 is 11.7 Å². The maximum absolute atomic E-state index is 11.3. The van der Waals surface area contributed by atoms with Gasteiger partial charge < -0.3 is 19.3 Å². The van der Waals surface area contributed by atoms with Crippen LogP contribution in [0.2, 0.25) is 0 Å². The Morgan fingerprint density at radius 2 is 2.11 bits per heavy atom. The molecule has 19 heavy (non-hydrogen) atoms. The fourth-order valence-electron chi connectivity index (χ4n) is 1.41. The molecule has 0 fully saturated rings. The van der Waals surface area contributed by atoms with Gasteiger partial charge in [0.05, 0.1) is 12.8 Å². The Balaban J connectivity index is 2.22. The van der Waals surface area contributed by atoms with Crippen molar-refractivity contribution < 1.29 is 24.1 Å². The highest BCUT2D eigenvalue weighted by Crippen LogP contribution is 2.35. The Kier molecular flexibility index (Phi) is 3.65. The number of esters is 1. The lowest BCUT2D eigenvalue weighted by Gasteiger charge is -2.00. The lowest BCUT2D eigenvalue weighted by atomic mass is 10.3. The standard InChI is InChI=1S/C12H12N2O5/c1-7(15)11(12(16)17-2)14-13-8-3-4-9-10(5-8)19-6-18-9/h3-5,15H,6H2,1-2H3/b11-7-,14-13?. The summed E-state index contributed by atoms with van der Waals surface area (Å²) < 4.78 is 14.8. The monoisotopic (exact) mass is 264 g/mol. The first kappa shape index (κ1) is 12.9. The van der Waals surface area contributed by atoms with Crippen LogP contribution in [-0.4, -0.2) is 25.0 Å². The van der Waals surface area contributed by atoms with E-state index in [-0.39, 0.29) is 18.2 Å². The molecule has 7 nitrogen and oxygen atoms in total. The molecule has 2 rings (SSSR count). The largest absolute Gasteiger partial charge is 0.510 e. The molecule has 0 atom stereocenters. The first-order chi connectivity index (χ1) is 9.11. The van der Waals surface area contributed by atoms with Gasteiger partial charge in [-0.25, -0.2) is 4.79 Å². The van der Waals surface area contributed by atoms with Crippen LogP contribution < -0.4 is 9.47 Å². The topological polar surface area (TPSA) is 89.7 Å². The fourth-order valence-corrected chi connectivity index (χ4v) is 1.41. The van der Waals surface area contributed by atoms with E-state index in [1.807, 2.05) is 0 Å². The zero-order chi connectivity index (χ0) is 13.8. The highest BCUT2D eigenvalue weighted by Gasteiger charge is 2.15. The average molecular weight is 264 g/mol. The van der Waals surface area contributed by atoms with Crippen molar-refractivity contribution in [2.45, 2.75) is 6.92 Å². The fraction of sp³-hybridized carbons (Fsp3) is 0.250. The van der Waals surface area contributed by atoms with E-state index >= 15 is 0 Å². The molecule has 0 saturated heterocycles. The van der Waals surface area contributed by atoms with E-state index < -0.39 is 5.97 Å². The lowest BCUT2D eigenvalue weighted by molar-refractivity contribution is -0.136. The van der Waals surface area contributed by atoms with Gasteiger partial charge >= 0.3 is 5.97 Å². The van der Waals surface area contributed by atoms with Crippen LogP contribution >= 0.6 is 0 Å². The molecule has 0 bridgehead atoms. The van der Waals surface area contributed by atoms with E-state index in [0.29, 0.717) is 17.2 Å². The molecule has 1 aromatic carbocycles. The number of fused-ring (bicyclic) bond motifs is 1. The third-order valence-electron chi connectivity index (χ3n) is 2.34. The number of benzene rings is 1. The number of hydrogen-bond acceptors (Lipinski definition) is 7. The zero-order valence-corrected chi connectivity index (χ0v) is 10.4. The number of carbonyl (C=O) groups is 1. The predicted octanol–water partition coefficient (Wildman–Crippen LogP) is 2.46. The molecule has 7 heteroatoms. The Morgan fingerprint density at radius 3 is 2.79 bits per heavy atom. The quantitative estimate of drug-likeness (QED) is 0.392. The van der Waals surface area contributed by atoms with Gasteiger partial charge in [0.25, 0.3) is 0 Å². The summed E-state index contributed by atoms with van der Waals surface area (Å²) in [5.74, 6) is 0.155. The first-order valence-corrected chi connectivity index (χ1v) is 5.41. The molecule has 0 saturated carbocycles. The van der Waals surface area contributed by atoms with Crippen LogP contribution in [0.5, 0.6) is 11.5 Å². The highest BCUT2D eigenvalue weighted by atomic mass is 16.7. The van der Waals surface area contributed by atoms with Gasteiger partial charge in [0.15, 0.2) is 11.5 Å². The summed E-state index contributed by atoms with van der Waals surface area (Å²) >= 11 is 0. The number of aliphatic hydroxyl groups excluding tert-OH is 1. The van der Waals surface area contributed by atoms with Crippen molar-refractivity contribution in [1.82, 2.24) is 0 Å². The van der Waals surface area contributed by atoms with Crippen LogP contribution in [0, 0.1) is 0 Å². The summed E-state index contributed by atoms with van der Waals surface area (Å²) in [6, 6.07) is 4.95. The second kappa shape index (κ2) is 5.38. The minimum absolute atomic E-state index is 0.166. The van der Waals surface area contributed by atoms with E-state index in [2.05, 4.69) is 15.0 Å². The number of rotatable bonds is 3. The molecule has 1 heterocycles. The Morgan fingerprint density at radius 1 is 1.37 bits per heavy atom. The molecule has 0 radical (unpaired) electrons. The molecule has 1 aromatic rings. The minimum Gasteiger partial charge on any atom is -0.510 e. The number of methoxy groups -OCH3 is 1. The van der Waals surface area contributed by atoms with E-state index in [9.17, 15) is 9.90 Å². The molecule has 0 aliphatic carbocycles. The van der Waals surface area contributed by atoms with Crippen LogP contribution in [0.3, 0.4) is 0 Å². The Labute approximate surface area is 109 Å². The van der Waals surface area contributed by atoms with Crippen molar-refractivity contribution in [2.24, 2.45) is 10.2 Å². The van der Waals surface area contributed by atoms with Gasteiger partial charge in [-0.3, -0.25) is 0 Å². The van der Waals surface area contributed by atoms with E-state index in [4.69, 9.17) is 9.47 Å². The number of azo groups is 1. The molecule has 1 aliphatic heterocycles. The summed E-state index contributed by atoms with van der Waals surface area (Å²) in [7, 11) is 1.20. The van der Waals surface area contributed by atoms with E-state index in [1.54, 1.807) is 18.2 Å². The molecule has 0 amide bonds. The van der Waals surface area contributed by atoms with Crippen molar-refractivity contribution in [1.29, 1.82) is 0 Å². The van der Waals surface area contributed by atoms with Gasteiger partial charge in [-0.05, 0) is 19.1 Å². The molecule has 1 aliphatic rings. The Hall–Kier alpha value is -2.57. The number of carbonyl (C=O) groups excluding carboxylic acids is 1. The zero-order valence-electron chi connectivity index (χ0n) is 10.4. The second-order valence-corrected chi connectivity index (χ2v) is 3.66. The minimum atomic E-state index is -0.760.